The lowest BCUT2D eigenvalue weighted by Gasteiger charge is -2.30. The normalized spacial score (nSPS) is 15.0. The van der Waals surface area contributed by atoms with Crippen LogP contribution in [0.15, 0.2) is 24.3 Å². The highest BCUT2D eigenvalue weighted by Gasteiger charge is 2.27. The summed E-state index contributed by atoms with van der Waals surface area (Å²) in [5, 5.41) is 3.12. The van der Waals surface area contributed by atoms with Gasteiger partial charge in [-0.1, -0.05) is 12.1 Å². The van der Waals surface area contributed by atoms with Crippen LogP contribution in [0.4, 0.5) is 0 Å². The number of nitrogens with zero attached hydrogens (tertiary/aromatic N) is 1. The summed E-state index contributed by atoms with van der Waals surface area (Å²) < 4.78 is 5.19. The van der Waals surface area contributed by atoms with Crippen molar-refractivity contribution in [2.45, 2.75) is 6.42 Å². The summed E-state index contributed by atoms with van der Waals surface area (Å²) in [5.74, 6) is 1.29. The maximum absolute atomic E-state index is 11.9. The molecule has 0 aliphatic carbocycles. The molecule has 0 bridgehead atoms. The Morgan fingerprint density at radius 1 is 1.50 bits per heavy atom. The van der Waals surface area contributed by atoms with E-state index in [4.69, 9.17) is 4.74 Å². The molecule has 2 rings (SSSR count). The number of carbonyl (C=O) groups excluding carboxylic acids is 1. The SMILES string of the molecule is COc1cccc(CCN(C)C(=O)C2CNC2)c1. The molecule has 4 nitrogen and oxygen atoms in total. The predicted molar refractivity (Wildman–Crippen MR) is 70.7 cm³/mol. The van der Waals surface area contributed by atoms with Gasteiger partial charge in [0.05, 0.1) is 13.0 Å². The van der Waals surface area contributed by atoms with Crippen LogP contribution >= 0.6 is 0 Å². The number of carbonyl (C=O) groups is 1. The molecule has 18 heavy (non-hydrogen) atoms. The van der Waals surface area contributed by atoms with E-state index in [1.54, 1.807) is 7.11 Å². The number of likely N-dealkylation sites (N-methyl/N-ethyl adjacent to an activating group) is 1. The molecule has 1 saturated heterocycles. The van der Waals surface area contributed by atoms with Crippen molar-refractivity contribution in [3.8, 4) is 5.75 Å². The maximum Gasteiger partial charge on any atom is 0.228 e. The Morgan fingerprint density at radius 2 is 2.28 bits per heavy atom. The van der Waals surface area contributed by atoms with Gasteiger partial charge in [0.1, 0.15) is 5.75 Å². The Morgan fingerprint density at radius 3 is 2.89 bits per heavy atom. The fraction of sp³-hybridized carbons (Fsp3) is 0.500. The van der Waals surface area contributed by atoms with Gasteiger partial charge in [-0.05, 0) is 24.1 Å². The van der Waals surface area contributed by atoms with Crippen molar-refractivity contribution in [1.29, 1.82) is 0 Å². The predicted octanol–water partition coefficient (Wildman–Crippen LogP) is 0.915. The highest BCUT2D eigenvalue weighted by Crippen LogP contribution is 2.14. The Kier molecular flexibility index (Phi) is 4.20. The minimum atomic E-state index is 0.181. The third-order valence-corrected chi connectivity index (χ3v) is 3.38. The van der Waals surface area contributed by atoms with E-state index in [2.05, 4.69) is 11.4 Å². The summed E-state index contributed by atoms with van der Waals surface area (Å²) in [6.07, 6.45) is 0.861. The lowest BCUT2D eigenvalue weighted by molar-refractivity contribution is -0.135. The van der Waals surface area contributed by atoms with E-state index in [9.17, 15) is 4.79 Å². The Hall–Kier alpha value is -1.55. The monoisotopic (exact) mass is 248 g/mol. The second kappa shape index (κ2) is 5.87. The maximum atomic E-state index is 11.9. The van der Waals surface area contributed by atoms with E-state index in [0.717, 1.165) is 31.8 Å². The Bertz CT molecular complexity index is 416. The van der Waals surface area contributed by atoms with Crippen LogP contribution < -0.4 is 10.1 Å². The second-order valence-corrected chi connectivity index (χ2v) is 4.72. The molecule has 1 heterocycles. The van der Waals surface area contributed by atoms with E-state index in [1.807, 2.05) is 30.1 Å². The fourth-order valence-electron chi connectivity index (χ4n) is 2.01. The molecule has 0 atom stereocenters. The molecule has 0 unspecified atom stereocenters. The topological polar surface area (TPSA) is 41.6 Å². The molecule has 0 aromatic heterocycles. The van der Waals surface area contributed by atoms with Crippen LogP contribution in [-0.2, 0) is 11.2 Å². The highest BCUT2D eigenvalue weighted by atomic mass is 16.5. The van der Waals surface area contributed by atoms with Crippen molar-refractivity contribution >= 4 is 5.91 Å². The van der Waals surface area contributed by atoms with E-state index in [1.165, 1.54) is 5.56 Å². The first-order valence-corrected chi connectivity index (χ1v) is 6.29. The van der Waals surface area contributed by atoms with E-state index >= 15 is 0 Å². The summed E-state index contributed by atoms with van der Waals surface area (Å²) in [5.41, 5.74) is 1.20. The van der Waals surface area contributed by atoms with Crippen LogP contribution in [0.25, 0.3) is 0 Å². The van der Waals surface area contributed by atoms with Crippen molar-refractivity contribution in [3.05, 3.63) is 29.8 Å². The minimum absolute atomic E-state index is 0.181. The number of hydrogen-bond donors (Lipinski definition) is 1. The molecular weight excluding hydrogens is 228 g/mol. The van der Waals surface area contributed by atoms with Crippen LogP contribution in [0.2, 0.25) is 0 Å². The largest absolute Gasteiger partial charge is 0.497 e. The van der Waals surface area contributed by atoms with Gasteiger partial charge in [0.25, 0.3) is 0 Å². The van der Waals surface area contributed by atoms with Gasteiger partial charge in [0, 0.05) is 26.7 Å². The second-order valence-electron chi connectivity index (χ2n) is 4.72. The first-order valence-electron chi connectivity index (χ1n) is 6.29. The van der Waals surface area contributed by atoms with Crippen LogP contribution in [0, 0.1) is 5.92 Å². The molecule has 1 aromatic carbocycles. The molecule has 1 amide bonds. The van der Waals surface area contributed by atoms with Crippen molar-refractivity contribution in [1.82, 2.24) is 10.2 Å². The quantitative estimate of drug-likeness (QED) is 0.842. The van der Waals surface area contributed by atoms with E-state index in [0.29, 0.717) is 0 Å². The third kappa shape index (κ3) is 3.01. The van der Waals surface area contributed by atoms with Gasteiger partial charge >= 0.3 is 0 Å². The van der Waals surface area contributed by atoms with E-state index in [-0.39, 0.29) is 11.8 Å². The van der Waals surface area contributed by atoms with Crippen LogP contribution in [0.1, 0.15) is 5.56 Å². The average molecular weight is 248 g/mol. The molecule has 1 N–H and O–H groups in total. The molecule has 0 radical (unpaired) electrons. The molecule has 0 saturated carbocycles. The highest BCUT2D eigenvalue weighted by molar-refractivity contribution is 5.79. The summed E-state index contributed by atoms with van der Waals surface area (Å²) >= 11 is 0. The number of amides is 1. The number of methoxy groups -OCH3 is 1. The standard InChI is InChI=1S/C14H20N2O2/c1-16(14(17)12-9-15-10-12)7-6-11-4-3-5-13(8-11)18-2/h3-5,8,12,15H,6-7,9-10H2,1-2H3. The Labute approximate surface area is 108 Å². The summed E-state index contributed by atoms with van der Waals surface area (Å²) in [7, 11) is 3.54. The fourth-order valence-corrected chi connectivity index (χ4v) is 2.01. The van der Waals surface area contributed by atoms with Crippen LogP contribution in [-0.4, -0.2) is 44.6 Å². The van der Waals surface area contributed by atoms with Crippen LogP contribution in [0.3, 0.4) is 0 Å². The summed E-state index contributed by atoms with van der Waals surface area (Å²) in [6.45, 7) is 2.40. The first kappa shape index (κ1) is 12.9. The lowest BCUT2D eigenvalue weighted by atomic mass is 10.0. The first-order chi connectivity index (χ1) is 8.70. The van der Waals surface area contributed by atoms with Crippen molar-refractivity contribution in [3.63, 3.8) is 0 Å². The molecule has 0 spiro atoms. The molecule has 1 fully saturated rings. The zero-order valence-electron chi connectivity index (χ0n) is 11.0. The lowest BCUT2D eigenvalue weighted by Crippen LogP contribution is -2.51. The number of ether oxygens (including phenoxy) is 1. The van der Waals surface area contributed by atoms with Gasteiger partial charge in [-0.25, -0.2) is 0 Å². The average Bonchev–Trinajstić information content (AvgIpc) is 2.34. The van der Waals surface area contributed by atoms with Crippen molar-refractivity contribution in [2.75, 3.05) is 33.8 Å². The van der Waals surface area contributed by atoms with Gasteiger partial charge in [0.15, 0.2) is 0 Å². The minimum Gasteiger partial charge on any atom is -0.497 e. The summed E-state index contributed by atoms with van der Waals surface area (Å²) in [6, 6.07) is 7.99. The van der Waals surface area contributed by atoms with Gasteiger partial charge in [-0.15, -0.1) is 0 Å². The zero-order chi connectivity index (χ0) is 13.0. The smallest absolute Gasteiger partial charge is 0.228 e. The van der Waals surface area contributed by atoms with Gasteiger partial charge in [-0.3, -0.25) is 4.79 Å². The molecule has 4 heteroatoms. The zero-order valence-corrected chi connectivity index (χ0v) is 11.0. The van der Waals surface area contributed by atoms with E-state index < -0.39 is 0 Å². The molecule has 1 aliphatic rings. The Balaban J connectivity index is 1.84. The van der Waals surface area contributed by atoms with Gasteiger partial charge in [0.2, 0.25) is 5.91 Å². The molecule has 98 valence electrons. The van der Waals surface area contributed by atoms with Gasteiger partial charge in [-0.2, -0.15) is 0 Å². The number of hydrogen-bond acceptors (Lipinski definition) is 3. The molecule has 1 aliphatic heterocycles. The molecule has 1 aromatic rings. The van der Waals surface area contributed by atoms with Crippen LogP contribution in [0.5, 0.6) is 5.75 Å². The van der Waals surface area contributed by atoms with Crippen molar-refractivity contribution in [2.24, 2.45) is 5.92 Å². The van der Waals surface area contributed by atoms with Crippen molar-refractivity contribution < 1.29 is 9.53 Å². The number of benzene rings is 1. The number of nitrogens with one attached hydrogen (secondary N) is 1. The third-order valence-electron chi connectivity index (χ3n) is 3.38. The van der Waals surface area contributed by atoms with Gasteiger partial charge < -0.3 is 15.0 Å². The summed E-state index contributed by atoms with van der Waals surface area (Å²) in [4.78, 5) is 13.8. The number of rotatable bonds is 5. The molecular formula is C14H20N2O2.